The molecule has 0 radical (unpaired) electrons. The molecule has 0 saturated carbocycles. The van der Waals surface area contributed by atoms with Crippen molar-refractivity contribution in [1.29, 1.82) is 0 Å². The maximum absolute atomic E-state index is 12.2. The number of carboxylic acid groups (broad SMARTS) is 1. The fraction of sp³-hybridized carbons (Fsp3) is 0.125. The molecule has 5 heteroatoms. The van der Waals surface area contributed by atoms with Crippen molar-refractivity contribution in [2.75, 3.05) is 6.26 Å². The lowest BCUT2D eigenvalue weighted by Crippen LogP contribution is -2.23. The van der Waals surface area contributed by atoms with E-state index in [-0.39, 0.29) is 11.5 Å². The fourth-order valence-corrected chi connectivity index (χ4v) is 2.47. The topological polar surface area (TPSA) is 66.4 Å². The molecule has 108 valence electrons. The SMILES string of the molecule is CSc1ccccc1C(=O)NCc1ccc(C(=O)O)cc1. The minimum absolute atomic E-state index is 0.137. The Morgan fingerprint density at radius 1 is 1.10 bits per heavy atom. The molecule has 0 bridgehead atoms. The second-order valence-corrected chi connectivity index (χ2v) is 5.23. The molecule has 2 rings (SSSR count). The molecule has 4 nitrogen and oxygen atoms in total. The quantitative estimate of drug-likeness (QED) is 0.833. The lowest BCUT2D eigenvalue weighted by Gasteiger charge is -2.08. The number of carbonyl (C=O) groups excluding carboxylic acids is 1. The van der Waals surface area contributed by atoms with Crippen LogP contribution in [0.15, 0.2) is 53.4 Å². The summed E-state index contributed by atoms with van der Waals surface area (Å²) >= 11 is 1.52. The third-order valence-electron chi connectivity index (χ3n) is 3.01. The molecule has 2 aromatic carbocycles. The third kappa shape index (κ3) is 3.86. The molecule has 0 atom stereocenters. The van der Waals surface area contributed by atoms with E-state index in [2.05, 4.69) is 5.32 Å². The number of hydrogen-bond acceptors (Lipinski definition) is 3. The number of benzene rings is 2. The van der Waals surface area contributed by atoms with E-state index >= 15 is 0 Å². The van der Waals surface area contributed by atoms with Gasteiger partial charge in [0.25, 0.3) is 5.91 Å². The first-order valence-corrected chi connectivity index (χ1v) is 7.57. The van der Waals surface area contributed by atoms with Crippen LogP contribution >= 0.6 is 11.8 Å². The summed E-state index contributed by atoms with van der Waals surface area (Å²) in [4.78, 5) is 23.8. The van der Waals surface area contributed by atoms with Gasteiger partial charge in [-0.25, -0.2) is 4.79 Å². The van der Waals surface area contributed by atoms with E-state index in [0.29, 0.717) is 12.1 Å². The van der Waals surface area contributed by atoms with Gasteiger partial charge in [0, 0.05) is 11.4 Å². The first kappa shape index (κ1) is 15.1. The predicted molar refractivity (Wildman–Crippen MR) is 82.8 cm³/mol. The van der Waals surface area contributed by atoms with E-state index in [0.717, 1.165) is 10.5 Å². The summed E-state index contributed by atoms with van der Waals surface area (Å²) in [6, 6.07) is 13.9. The minimum atomic E-state index is -0.959. The summed E-state index contributed by atoms with van der Waals surface area (Å²) in [5, 5.41) is 11.7. The van der Waals surface area contributed by atoms with Crippen molar-refractivity contribution >= 4 is 23.6 Å². The van der Waals surface area contributed by atoms with E-state index < -0.39 is 5.97 Å². The lowest BCUT2D eigenvalue weighted by molar-refractivity contribution is 0.0696. The number of aromatic carboxylic acids is 1. The zero-order valence-corrected chi connectivity index (χ0v) is 12.3. The average molecular weight is 301 g/mol. The number of carboxylic acids is 1. The molecule has 0 fully saturated rings. The van der Waals surface area contributed by atoms with Crippen molar-refractivity contribution < 1.29 is 14.7 Å². The Bertz CT molecular complexity index is 653. The Morgan fingerprint density at radius 3 is 2.38 bits per heavy atom. The largest absolute Gasteiger partial charge is 0.478 e. The first-order valence-electron chi connectivity index (χ1n) is 6.35. The second kappa shape index (κ2) is 6.95. The van der Waals surface area contributed by atoms with Crippen LogP contribution in [0.3, 0.4) is 0 Å². The summed E-state index contributed by atoms with van der Waals surface area (Å²) in [7, 11) is 0. The maximum atomic E-state index is 12.2. The normalized spacial score (nSPS) is 10.1. The van der Waals surface area contributed by atoms with Crippen molar-refractivity contribution in [1.82, 2.24) is 5.32 Å². The molecule has 0 heterocycles. The highest BCUT2D eigenvalue weighted by atomic mass is 32.2. The molecule has 21 heavy (non-hydrogen) atoms. The van der Waals surface area contributed by atoms with Gasteiger partial charge in [-0.3, -0.25) is 4.79 Å². The van der Waals surface area contributed by atoms with Crippen molar-refractivity contribution in [3.63, 3.8) is 0 Å². The summed E-state index contributed by atoms with van der Waals surface area (Å²) in [6.45, 7) is 0.363. The highest BCUT2D eigenvalue weighted by Gasteiger charge is 2.10. The van der Waals surface area contributed by atoms with Crippen LogP contribution in [0.5, 0.6) is 0 Å². The molecule has 1 amide bonds. The Labute approximate surface area is 127 Å². The molecule has 2 aromatic rings. The van der Waals surface area contributed by atoms with E-state index in [1.165, 1.54) is 23.9 Å². The van der Waals surface area contributed by atoms with Crippen molar-refractivity contribution in [3.8, 4) is 0 Å². The second-order valence-electron chi connectivity index (χ2n) is 4.39. The summed E-state index contributed by atoms with van der Waals surface area (Å²) in [5.41, 5.74) is 1.74. The van der Waals surface area contributed by atoms with Gasteiger partial charge in [-0.05, 0) is 36.1 Å². The highest BCUT2D eigenvalue weighted by molar-refractivity contribution is 7.98. The highest BCUT2D eigenvalue weighted by Crippen LogP contribution is 2.19. The zero-order valence-electron chi connectivity index (χ0n) is 11.5. The number of nitrogens with one attached hydrogen (secondary N) is 1. The molecule has 0 saturated heterocycles. The first-order chi connectivity index (χ1) is 10.1. The van der Waals surface area contributed by atoms with Gasteiger partial charge in [0.05, 0.1) is 11.1 Å². The van der Waals surface area contributed by atoms with Crippen LogP contribution in [-0.4, -0.2) is 23.2 Å². The van der Waals surface area contributed by atoms with Crippen LogP contribution in [0.1, 0.15) is 26.3 Å². The van der Waals surface area contributed by atoms with Crippen LogP contribution in [0.25, 0.3) is 0 Å². The fourth-order valence-electron chi connectivity index (χ4n) is 1.87. The Morgan fingerprint density at radius 2 is 1.76 bits per heavy atom. The van der Waals surface area contributed by atoms with Crippen LogP contribution in [0.2, 0.25) is 0 Å². The smallest absolute Gasteiger partial charge is 0.335 e. The van der Waals surface area contributed by atoms with E-state index in [4.69, 9.17) is 5.11 Å². The Balaban J connectivity index is 2.02. The Hall–Kier alpha value is -2.27. The summed E-state index contributed by atoms with van der Waals surface area (Å²) < 4.78 is 0. The molecular formula is C16H15NO3S. The van der Waals surface area contributed by atoms with Gasteiger partial charge in [0.15, 0.2) is 0 Å². The zero-order chi connectivity index (χ0) is 15.2. The van der Waals surface area contributed by atoms with Crippen molar-refractivity contribution in [2.24, 2.45) is 0 Å². The van der Waals surface area contributed by atoms with E-state index in [1.54, 1.807) is 18.2 Å². The van der Waals surface area contributed by atoms with Crippen LogP contribution in [-0.2, 0) is 6.54 Å². The molecule has 0 aliphatic carbocycles. The van der Waals surface area contributed by atoms with Crippen molar-refractivity contribution in [2.45, 2.75) is 11.4 Å². The van der Waals surface area contributed by atoms with Gasteiger partial charge in [0.2, 0.25) is 0 Å². The Kier molecular flexibility index (Phi) is 5.00. The molecule has 0 aromatic heterocycles. The molecule has 0 unspecified atom stereocenters. The third-order valence-corrected chi connectivity index (χ3v) is 3.80. The van der Waals surface area contributed by atoms with Gasteiger partial charge in [-0.1, -0.05) is 24.3 Å². The predicted octanol–water partition coefficient (Wildman–Crippen LogP) is 3.04. The van der Waals surface area contributed by atoms with E-state index in [9.17, 15) is 9.59 Å². The molecule has 0 aliphatic heterocycles. The number of hydrogen-bond donors (Lipinski definition) is 2. The summed E-state index contributed by atoms with van der Waals surface area (Å²) in [5.74, 6) is -1.10. The molecule has 0 spiro atoms. The minimum Gasteiger partial charge on any atom is -0.478 e. The van der Waals surface area contributed by atoms with Gasteiger partial charge in [-0.2, -0.15) is 0 Å². The number of amides is 1. The van der Waals surface area contributed by atoms with Gasteiger partial charge >= 0.3 is 5.97 Å². The average Bonchev–Trinajstić information content (AvgIpc) is 2.52. The molecule has 2 N–H and O–H groups in total. The monoisotopic (exact) mass is 301 g/mol. The van der Waals surface area contributed by atoms with Gasteiger partial charge < -0.3 is 10.4 Å². The lowest BCUT2D eigenvalue weighted by atomic mass is 10.1. The van der Waals surface area contributed by atoms with Crippen LogP contribution in [0, 0.1) is 0 Å². The number of thioether (sulfide) groups is 1. The van der Waals surface area contributed by atoms with E-state index in [1.807, 2.05) is 24.5 Å². The standard InChI is InChI=1S/C16H15NO3S/c1-21-14-5-3-2-4-13(14)15(18)17-10-11-6-8-12(9-7-11)16(19)20/h2-9H,10H2,1H3,(H,17,18)(H,19,20). The number of carbonyl (C=O) groups is 2. The molecule has 0 aliphatic rings. The number of rotatable bonds is 5. The van der Waals surface area contributed by atoms with Crippen molar-refractivity contribution in [3.05, 3.63) is 65.2 Å². The van der Waals surface area contributed by atoms with Gasteiger partial charge in [0.1, 0.15) is 0 Å². The van der Waals surface area contributed by atoms with Gasteiger partial charge in [-0.15, -0.1) is 11.8 Å². The van der Waals surface area contributed by atoms with Crippen LogP contribution in [0.4, 0.5) is 0 Å². The molecular weight excluding hydrogens is 286 g/mol. The summed E-state index contributed by atoms with van der Waals surface area (Å²) in [6.07, 6.45) is 1.93. The maximum Gasteiger partial charge on any atom is 0.335 e. The van der Waals surface area contributed by atoms with Crippen LogP contribution < -0.4 is 5.32 Å².